The molecule has 0 aromatic carbocycles. The number of carbonyl (C=O) groups is 1. The maximum absolute atomic E-state index is 12.6. The first kappa shape index (κ1) is 14.9. The second kappa shape index (κ2) is 6.76. The summed E-state index contributed by atoms with van der Waals surface area (Å²) < 4.78 is 30.0. The SMILES string of the molecule is COCCN(CC(F)F)C(=O)c1n[nH]c2c1CNCC2. The first-order chi connectivity index (χ1) is 9.63. The molecule has 0 aliphatic carbocycles. The van der Waals surface area contributed by atoms with E-state index < -0.39 is 18.9 Å². The molecule has 0 fully saturated rings. The lowest BCUT2D eigenvalue weighted by molar-refractivity contribution is 0.0472. The molecule has 1 amide bonds. The third-order valence-electron chi connectivity index (χ3n) is 3.22. The Kier molecular flexibility index (Phi) is 5.02. The molecule has 1 aliphatic heterocycles. The predicted molar refractivity (Wildman–Crippen MR) is 67.8 cm³/mol. The summed E-state index contributed by atoms with van der Waals surface area (Å²) in [7, 11) is 1.46. The fourth-order valence-electron chi connectivity index (χ4n) is 2.20. The molecule has 2 N–H and O–H groups in total. The maximum atomic E-state index is 12.6. The van der Waals surface area contributed by atoms with Gasteiger partial charge in [-0.15, -0.1) is 0 Å². The Labute approximate surface area is 115 Å². The summed E-state index contributed by atoms with van der Waals surface area (Å²) in [5, 5.41) is 9.95. The van der Waals surface area contributed by atoms with E-state index in [1.54, 1.807) is 0 Å². The summed E-state index contributed by atoms with van der Waals surface area (Å²) >= 11 is 0. The number of aromatic amines is 1. The zero-order valence-corrected chi connectivity index (χ0v) is 11.3. The van der Waals surface area contributed by atoms with Gasteiger partial charge in [-0.05, 0) is 0 Å². The number of hydrogen-bond acceptors (Lipinski definition) is 4. The second-order valence-corrected chi connectivity index (χ2v) is 4.59. The van der Waals surface area contributed by atoms with Crippen LogP contribution >= 0.6 is 0 Å². The predicted octanol–water partition coefficient (Wildman–Crippen LogP) is 0.409. The van der Waals surface area contributed by atoms with Gasteiger partial charge in [0.1, 0.15) is 0 Å². The third kappa shape index (κ3) is 3.31. The molecule has 0 saturated carbocycles. The van der Waals surface area contributed by atoms with E-state index in [4.69, 9.17) is 4.74 Å². The first-order valence-corrected chi connectivity index (χ1v) is 6.46. The summed E-state index contributed by atoms with van der Waals surface area (Å²) in [4.78, 5) is 13.4. The third-order valence-corrected chi connectivity index (χ3v) is 3.22. The molecule has 0 saturated heterocycles. The number of H-pyrrole nitrogens is 1. The Hall–Kier alpha value is -1.54. The van der Waals surface area contributed by atoms with Gasteiger partial charge in [0.25, 0.3) is 12.3 Å². The van der Waals surface area contributed by atoms with E-state index in [0.717, 1.165) is 29.1 Å². The lowest BCUT2D eigenvalue weighted by atomic mass is 10.1. The highest BCUT2D eigenvalue weighted by Crippen LogP contribution is 2.17. The summed E-state index contributed by atoms with van der Waals surface area (Å²) in [5.74, 6) is -0.483. The average Bonchev–Trinajstić information content (AvgIpc) is 2.86. The van der Waals surface area contributed by atoms with Crippen LogP contribution in [0, 0.1) is 0 Å². The van der Waals surface area contributed by atoms with Gasteiger partial charge in [0.15, 0.2) is 5.69 Å². The zero-order chi connectivity index (χ0) is 14.5. The van der Waals surface area contributed by atoms with Crippen LogP contribution in [0.1, 0.15) is 21.7 Å². The number of hydrogen-bond donors (Lipinski definition) is 2. The van der Waals surface area contributed by atoms with Crippen LogP contribution in [0.3, 0.4) is 0 Å². The molecule has 1 aromatic heterocycles. The van der Waals surface area contributed by atoms with E-state index in [1.807, 2.05) is 0 Å². The molecule has 0 spiro atoms. The van der Waals surface area contributed by atoms with Gasteiger partial charge in [-0.25, -0.2) is 8.78 Å². The number of nitrogens with zero attached hydrogens (tertiary/aromatic N) is 2. The number of carbonyl (C=O) groups excluding carboxylic acids is 1. The lowest BCUT2D eigenvalue weighted by Crippen LogP contribution is -2.38. The van der Waals surface area contributed by atoms with Crippen molar-refractivity contribution >= 4 is 5.91 Å². The molecule has 2 rings (SSSR count). The quantitative estimate of drug-likeness (QED) is 0.795. The van der Waals surface area contributed by atoms with Crippen molar-refractivity contribution in [3.63, 3.8) is 0 Å². The number of methoxy groups -OCH3 is 1. The first-order valence-electron chi connectivity index (χ1n) is 6.46. The summed E-state index contributed by atoms with van der Waals surface area (Å²) in [5.41, 5.74) is 1.90. The van der Waals surface area contributed by atoms with Crippen molar-refractivity contribution in [3.8, 4) is 0 Å². The van der Waals surface area contributed by atoms with Crippen LogP contribution in [0.4, 0.5) is 8.78 Å². The molecule has 0 radical (unpaired) electrons. The molecule has 8 heteroatoms. The number of halogens is 2. The number of aromatic nitrogens is 2. The van der Waals surface area contributed by atoms with Crippen molar-refractivity contribution in [2.24, 2.45) is 0 Å². The van der Waals surface area contributed by atoms with Gasteiger partial charge in [-0.1, -0.05) is 0 Å². The minimum atomic E-state index is -2.58. The van der Waals surface area contributed by atoms with E-state index in [1.165, 1.54) is 7.11 Å². The van der Waals surface area contributed by atoms with Gasteiger partial charge < -0.3 is 15.0 Å². The van der Waals surface area contributed by atoms with Gasteiger partial charge in [0.05, 0.1) is 13.2 Å². The Morgan fingerprint density at radius 3 is 3.05 bits per heavy atom. The van der Waals surface area contributed by atoms with Crippen molar-refractivity contribution in [1.29, 1.82) is 0 Å². The van der Waals surface area contributed by atoms with Crippen LogP contribution in [0.15, 0.2) is 0 Å². The topological polar surface area (TPSA) is 70.2 Å². The van der Waals surface area contributed by atoms with Gasteiger partial charge in [-0.3, -0.25) is 9.89 Å². The van der Waals surface area contributed by atoms with Crippen LogP contribution in [0.5, 0.6) is 0 Å². The highest BCUT2D eigenvalue weighted by atomic mass is 19.3. The van der Waals surface area contributed by atoms with Crippen molar-refractivity contribution in [3.05, 3.63) is 17.0 Å². The molecular weight excluding hydrogens is 270 g/mol. The van der Waals surface area contributed by atoms with Crippen LogP contribution < -0.4 is 5.32 Å². The molecule has 6 nitrogen and oxygen atoms in total. The van der Waals surface area contributed by atoms with Crippen molar-refractivity contribution in [1.82, 2.24) is 20.4 Å². The Morgan fingerprint density at radius 1 is 1.55 bits per heavy atom. The molecule has 0 bridgehead atoms. The summed E-state index contributed by atoms with van der Waals surface area (Å²) in [6.07, 6.45) is -1.83. The molecule has 0 unspecified atom stereocenters. The fourth-order valence-corrected chi connectivity index (χ4v) is 2.20. The minimum Gasteiger partial charge on any atom is -0.383 e. The number of fused-ring (bicyclic) bond motifs is 1. The number of alkyl halides is 2. The van der Waals surface area contributed by atoms with E-state index >= 15 is 0 Å². The summed E-state index contributed by atoms with van der Waals surface area (Å²) in [6, 6.07) is 0. The second-order valence-electron chi connectivity index (χ2n) is 4.59. The van der Waals surface area contributed by atoms with Gasteiger partial charge in [0.2, 0.25) is 0 Å². The molecular formula is C12H18F2N4O2. The number of nitrogens with one attached hydrogen (secondary N) is 2. The van der Waals surface area contributed by atoms with Gasteiger partial charge >= 0.3 is 0 Å². The van der Waals surface area contributed by atoms with Gasteiger partial charge in [0, 0.05) is 44.4 Å². The molecule has 1 aromatic rings. The van der Waals surface area contributed by atoms with Crippen LogP contribution in [0.2, 0.25) is 0 Å². The monoisotopic (exact) mass is 288 g/mol. The Morgan fingerprint density at radius 2 is 2.35 bits per heavy atom. The molecule has 20 heavy (non-hydrogen) atoms. The molecule has 0 atom stereocenters. The zero-order valence-electron chi connectivity index (χ0n) is 11.3. The highest BCUT2D eigenvalue weighted by molar-refractivity contribution is 5.94. The highest BCUT2D eigenvalue weighted by Gasteiger charge is 2.26. The van der Waals surface area contributed by atoms with Crippen LogP contribution in [-0.4, -0.2) is 60.8 Å². The molecule has 1 aliphatic rings. The fraction of sp³-hybridized carbons (Fsp3) is 0.667. The Bertz CT molecular complexity index is 464. The van der Waals surface area contributed by atoms with Crippen molar-refractivity contribution in [2.45, 2.75) is 19.4 Å². The van der Waals surface area contributed by atoms with Crippen LogP contribution in [0.25, 0.3) is 0 Å². The number of rotatable bonds is 6. The maximum Gasteiger partial charge on any atom is 0.274 e. The number of amides is 1. The van der Waals surface area contributed by atoms with Crippen LogP contribution in [-0.2, 0) is 17.7 Å². The minimum absolute atomic E-state index is 0.120. The summed E-state index contributed by atoms with van der Waals surface area (Å²) in [6.45, 7) is 1.06. The van der Waals surface area contributed by atoms with E-state index in [9.17, 15) is 13.6 Å². The van der Waals surface area contributed by atoms with E-state index in [0.29, 0.717) is 6.54 Å². The largest absolute Gasteiger partial charge is 0.383 e. The van der Waals surface area contributed by atoms with E-state index in [2.05, 4.69) is 15.5 Å². The van der Waals surface area contributed by atoms with E-state index in [-0.39, 0.29) is 18.8 Å². The molecule has 112 valence electrons. The smallest absolute Gasteiger partial charge is 0.274 e. The normalized spacial score (nSPS) is 14.4. The van der Waals surface area contributed by atoms with Crippen molar-refractivity contribution in [2.75, 3.05) is 33.4 Å². The van der Waals surface area contributed by atoms with Gasteiger partial charge in [-0.2, -0.15) is 5.10 Å². The average molecular weight is 288 g/mol. The number of ether oxygens (including phenoxy) is 1. The Balaban J connectivity index is 2.15. The lowest BCUT2D eigenvalue weighted by Gasteiger charge is -2.22. The standard InChI is InChI=1S/C12H18F2N4O2/c1-20-5-4-18(7-10(13)14)12(19)11-8-6-15-3-2-9(8)16-17-11/h10,15H,2-7H2,1H3,(H,16,17). The molecule has 2 heterocycles. The van der Waals surface area contributed by atoms with Crippen molar-refractivity contribution < 1.29 is 18.3 Å².